The van der Waals surface area contributed by atoms with Gasteiger partial charge in [-0.1, -0.05) is 38.8 Å². The highest BCUT2D eigenvalue weighted by Gasteiger charge is 2.62. The number of hydrogen-bond acceptors (Lipinski definition) is 5. The van der Waals surface area contributed by atoms with Gasteiger partial charge in [0.05, 0.1) is 12.5 Å². The van der Waals surface area contributed by atoms with Crippen molar-refractivity contribution in [3.05, 3.63) is 0 Å². The fraction of sp³-hybridized carbons (Fsp3) is 0.815. The number of halogens is 4. The highest BCUT2D eigenvalue weighted by atomic mass is 35.5. The third-order valence-corrected chi connectivity index (χ3v) is 8.86. The summed E-state index contributed by atoms with van der Waals surface area (Å²) < 4.78 is 41.1. The molecule has 4 aliphatic rings. The molecule has 0 aromatic carbocycles. The van der Waals surface area contributed by atoms with Crippen LogP contribution in [0, 0.1) is 29.1 Å². The van der Waals surface area contributed by atoms with Crippen LogP contribution in [0.5, 0.6) is 0 Å². The fourth-order valence-electron chi connectivity index (χ4n) is 6.49. The van der Waals surface area contributed by atoms with Crippen LogP contribution in [0.4, 0.5) is 13.2 Å². The van der Waals surface area contributed by atoms with Gasteiger partial charge in [-0.25, -0.2) is 18.2 Å². The molecule has 3 N–H and O–H groups in total. The van der Waals surface area contributed by atoms with Crippen molar-refractivity contribution in [1.29, 1.82) is 0 Å². The Balaban J connectivity index is 1.56. The molecule has 41 heavy (non-hydrogen) atoms. The van der Waals surface area contributed by atoms with Crippen molar-refractivity contribution in [2.24, 2.45) is 29.1 Å². The molecule has 4 fully saturated rings. The lowest BCUT2D eigenvalue weighted by Gasteiger charge is -2.37. The summed E-state index contributed by atoms with van der Waals surface area (Å²) >= 11 is 5.44. The number of hydrogen-bond donors (Lipinski definition) is 3. The number of likely N-dealkylation sites (tertiary alicyclic amines) is 1. The third-order valence-electron chi connectivity index (χ3n) is 8.67. The summed E-state index contributed by atoms with van der Waals surface area (Å²) in [6.45, 7) is 8.53. The number of nitrogens with one attached hydrogen (secondary N) is 3. The van der Waals surface area contributed by atoms with Crippen LogP contribution in [0.3, 0.4) is 0 Å². The molecule has 2 heterocycles. The first-order valence-corrected chi connectivity index (χ1v) is 14.5. The monoisotopic (exact) mass is 605 g/mol. The largest absolute Gasteiger partial charge is 0.351 e. The molecule has 2 aliphatic carbocycles. The van der Waals surface area contributed by atoms with E-state index in [-0.39, 0.29) is 30.8 Å². The van der Waals surface area contributed by atoms with Crippen LogP contribution < -0.4 is 16.1 Å². The molecular formula is C27H39ClF3N5O5. The van der Waals surface area contributed by atoms with E-state index in [4.69, 9.17) is 11.6 Å². The van der Waals surface area contributed by atoms with Crippen LogP contribution >= 0.6 is 11.6 Å². The Morgan fingerprint density at radius 1 is 1.15 bits per heavy atom. The number of carbonyl (C=O) groups is 5. The zero-order chi connectivity index (χ0) is 30.7. The van der Waals surface area contributed by atoms with Crippen molar-refractivity contribution < 1.29 is 37.1 Å². The van der Waals surface area contributed by atoms with E-state index >= 15 is 0 Å². The second-order valence-corrected chi connectivity index (χ2v) is 14.0. The molecule has 10 nitrogen and oxygen atoms in total. The number of alkyl halides is 4. The van der Waals surface area contributed by atoms with Crippen molar-refractivity contribution in [2.45, 2.75) is 95.9 Å². The van der Waals surface area contributed by atoms with Crippen LogP contribution in [0.15, 0.2) is 0 Å². The highest BCUT2D eigenvalue weighted by Crippen LogP contribution is 2.49. The number of nitrogens with zero attached hydrogens (tertiary/aromatic N) is 2. The van der Waals surface area contributed by atoms with E-state index in [1.54, 1.807) is 34.6 Å². The Morgan fingerprint density at radius 2 is 1.78 bits per heavy atom. The number of fused-ring (bicyclic) bond motifs is 1. The number of carbonyl (C=O) groups excluding carboxylic acids is 5. The van der Waals surface area contributed by atoms with E-state index in [1.165, 1.54) is 4.90 Å². The van der Waals surface area contributed by atoms with E-state index < -0.39 is 76.5 Å². The maximum Gasteiger partial charge on any atom is 0.291 e. The van der Waals surface area contributed by atoms with E-state index in [0.717, 1.165) is 12.8 Å². The van der Waals surface area contributed by atoms with Crippen LogP contribution in [0.1, 0.15) is 66.7 Å². The van der Waals surface area contributed by atoms with E-state index in [2.05, 4.69) is 16.1 Å². The molecule has 0 aromatic rings. The maximum atomic E-state index is 14.0. The second kappa shape index (κ2) is 10.9. The lowest BCUT2D eigenvalue weighted by molar-refractivity contribution is -0.150. The summed E-state index contributed by atoms with van der Waals surface area (Å²) in [6, 6.07) is -2.25. The van der Waals surface area contributed by atoms with Gasteiger partial charge >= 0.3 is 0 Å². The van der Waals surface area contributed by atoms with Crippen LogP contribution in [-0.2, 0) is 24.0 Å². The summed E-state index contributed by atoms with van der Waals surface area (Å²) in [7, 11) is 0. The molecule has 5 amide bonds. The fourth-order valence-corrected chi connectivity index (χ4v) is 6.61. The van der Waals surface area contributed by atoms with E-state index in [1.807, 2.05) is 0 Å². The van der Waals surface area contributed by atoms with Crippen molar-refractivity contribution in [2.75, 3.05) is 13.1 Å². The van der Waals surface area contributed by atoms with Crippen molar-refractivity contribution in [1.82, 2.24) is 26.0 Å². The summed E-state index contributed by atoms with van der Waals surface area (Å²) in [5.41, 5.74) is -1.48. The van der Waals surface area contributed by atoms with Crippen LogP contribution in [0.2, 0.25) is 0 Å². The normalized spacial score (nSPS) is 31.1. The average Bonchev–Trinajstić information content (AvgIpc) is 3.15. The Bertz CT molecular complexity index is 1110. The standard InChI is InChI=1S/C27H39ClF3N5O5/c1-25(2,3)18(32-21(38)16-10-27(16,30)31)23(40)35-11-13-7-6-8-15(13)17(35)22(39)34-36(24(41)19(28)29)12-14-9-26(4,5)33-20(14)37/h13-19H,6-12H2,1-5H3,(H,32,38)(H,33,37)(H,34,39)/t13-,14-,15-,16-,17-,18+,19+/m0/s1. The topological polar surface area (TPSA) is 128 Å². The van der Waals surface area contributed by atoms with Gasteiger partial charge in [0.2, 0.25) is 17.7 Å². The quantitative estimate of drug-likeness (QED) is 0.303. The van der Waals surface area contributed by atoms with Crippen molar-refractivity contribution in [3.63, 3.8) is 0 Å². The summed E-state index contributed by atoms with van der Waals surface area (Å²) in [4.78, 5) is 66.7. The molecule has 7 atom stereocenters. The summed E-state index contributed by atoms with van der Waals surface area (Å²) in [5.74, 6) is -9.49. The zero-order valence-electron chi connectivity index (χ0n) is 23.9. The summed E-state index contributed by atoms with van der Waals surface area (Å²) in [6.07, 6.45) is 1.95. The zero-order valence-corrected chi connectivity index (χ0v) is 24.7. The molecule has 4 rings (SSSR count). The van der Waals surface area contributed by atoms with Gasteiger partial charge in [0.25, 0.3) is 23.4 Å². The lowest BCUT2D eigenvalue weighted by atomic mass is 9.85. The van der Waals surface area contributed by atoms with Crippen LogP contribution in [-0.4, -0.2) is 81.7 Å². The molecule has 0 aromatic heterocycles. The Labute approximate surface area is 242 Å². The van der Waals surface area contributed by atoms with E-state index in [0.29, 0.717) is 17.9 Å². The first kappa shape index (κ1) is 31.4. The predicted octanol–water partition coefficient (Wildman–Crippen LogP) is 2.11. The van der Waals surface area contributed by atoms with Gasteiger partial charge < -0.3 is 15.5 Å². The minimum absolute atomic E-state index is 0.0219. The number of amides is 5. The van der Waals surface area contributed by atoms with Gasteiger partial charge in [-0.2, -0.15) is 0 Å². The molecule has 230 valence electrons. The smallest absolute Gasteiger partial charge is 0.291 e. The Morgan fingerprint density at radius 3 is 2.29 bits per heavy atom. The molecule has 0 unspecified atom stereocenters. The lowest BCUT2D eigenvalue weighted by Crippen LogP contribution is -2.61. The molecule has 0 bridgehead atoms. The summed E-state index contributed by atoms with van der Waals surface area (Å²) in [5, 5.41) is 5.98. The van der Waals surface area contributed by atoms with Gasteiger partial charge in [0.1, 0.15) is 18.0 Å². The van der Waals surface area contributed by atoms with Crippen molar-refractivity contribution in [3.8, 4) is 0 Å². The molecule has 14 heteroatoms. The number of hydrazine groups is 1. The van der Waals surface area contributed by atoms with Gasteiger partial charge in [0, 0.05) is 18.5 Å². The molecule has 0 radical (unpaired) electrons. The first-order valence-electron chi connectivity index (χ1n) is 14.0. The minimum atomic E-state index is -3.11. The second-order valence-electron chi connectivity index (χ2n) is 13.6. The molecular weight excluding hydrogens is 567 g/mol. The Kier molecular flexibility index (Phi) is 8.36. The SMILES string of the molecule is CC1(C)C[C@@H](CN(NC(=O)[C@@H]2[C@H]3CCC[C@H]3CN2C(=O)[C@@H](NC(=O)[C@@H]2CC2(F)F)C(C)(C)C)C(=O)[C@@H](F)Cl)C(=O)N1. The average molecular weight is 606 g/mol. The Hall–Kier alpha value is -2.57. The number of rotatable bonds is 7. The van der Waals surface area contributed by atoms with Gasteiger partial charge in [-0.3, -0.25) is 29.4 Å². The minimum Gasteiger partial charge on any atom is -0.351 e. The molecule has 2 saturated carbocycles. The molecule has 2 aliphatic heterocycles. The molecule has 2 saturated heterocycles. The van der Waals surface area contributed by atoms with Crippen molar-refractivity contribution >= 4 is 41.1 Å². The molecule has 0 spiro atoms. The maximum absolute atomic E-state index is 14.0. The van der Waals surface area contributed by atoms with Gasteiger partial charge in [0.15, 0.2) is 0 Å². The first-order chi connectivity index (χ1) is 18.8. The third kappa shape index (κ3) is 6.59. The highest BCUT2D eigenvalue weighted by molar-refractivity contribution is 6.29. The van der Waals surface area contributed by atoms with Crippen LogP contribution in [0.25, 0.3) is 0 Å². The van der Waals surface area contributed by atoms with E-state index in [9.17, 15) is 37.1 Å². The van der Waals surface area contributed by atoms with Gasteiger partial charge in [-0.05, 0) is 50.4 Å². The predicted molar refractivity (Wildman–Crippen MR) is 142 cm³/mol. The van der Waals surface area contributed by atoms with Gasteiger partial charge in [-0.15, -0.1) is 0 Å².